The van der Waals surface area contributed by atoms with Gasteiger partial charge in [0.25, 0.3) is 0 Å². The molecule has 0 bridgehead atoms. The molecular weight excluding hydrogens is 342 g/mol. The second-order valence-electron chi connectivity index (χ2n) is 5.29. The summed E-state index contributed by atoms with van der Waals surface area (Å²) in [6.45, 7) is 7.97. The summed E-state index contributed by atoms with van der Waals surface area (Å²) in [5, 5.41) is 0.646. The van der Waals surface area contributed by atoms with E-state index in [0.29, 0.717) is 23.8 Å². The predicted octanol–water partition coefficient (Wildman–Crippen LogP) is 3.98. The second-order valence-corrected chi connectivity index (χ2v) is 6.62. The fourth-order valence-electron chi connectivity index (χ4n) is 2.53. The number of nitrogens with zero attached hydrogens (tertiary/aromatic N) is 1. The first-order valence-corrected chi connectivity index (χ1v) is 8.17. The smallest absolute Gasteiger partial charge is 0.137 e. The lowest BCUT2D eigenvalue weighted by Crippen LogP contribution is -2.45. The van der Waals surface area contributed by atoms with Crippen LogP contribution in [-0.4, -0.2) is 43.3 Å². The zero-order valence-electron chi connectivity index (χ0n) is 11.9. The van der Waals surface area contributed by atoms with Crippen LogP contribution in [0.1, 0.15) is 20.3 Å². The Kier molecular flexibility index (Phi) is 6.15. The highest BCUT2D eigenvalue weighted by Gasteiger charge is 2.21. The second kappa shape index (κ2) is 7.64. The molecular formula is C15H21BrClNO2. The number of benzene rings is 1. The van der Waals surface area contributed by atoms with Crippen molar-refractivity contribution in [2.75, 3.05) is 26.2 Å². The molecule has 112 valence electrons. The number of hydrogen-bond acceptors (Lipinski definition) is 3. The summed E-state index contributed by atoms with van der Waals surface area (Å²) in [6.07, 6.45) is 1.63. The lowest BCUT2D eigenvalue weighted by atomic mass is 10.2. The van der Waals surface area contributed by atoms with E-state index in [1.165, 1.54) is 0 Å². The highest BCUT2D eigenvalue weighted by molar-refractivity contribution is 9.10. The lowest BCUT2D eigenvalue weighted by molar-refractivity contribution is -0.0686. The molecule has 20 heavy (non-hydrogen) atoms. The van der Waals surface area contributed by atoms with E-state index in [1.807, 2.05) is 18.2 Å². The molecule has 0 radical (unpaired) electrons. The first-order chi connectivity index (χ1) is 9.54. The van der Waals surface area contributed by atoms with Crippen LogP contribution in [0, 0.1) is 0 Å². The number of halogens is 2. The van der Waals surface area contributed by atoms with E-state index in [0.717, 1.165) is 36.3 Å². The van der Waals surface area contributed by atoms with Gasteiger partial charge in [0.05, 0.1) is 23.8 Å². The van der Waals surface area contributed by atoms with Crippen molar-refractivity contribution in [3.63, 3.8) is 0 Å². The molecule has 5 heteroatoms. The van der Waals surface area contributed by atoms with Gasteiger partial charge >= 0.3 is 0 Å². The summed E-state index contributed by atoms with van der Waals surface area (Å²) in [6, 6.07) is 5.68. The molecule has 1 aliphatic heterocycles. The maximum Gasteiger partial charge on any atom is 0.137 e. The summed E-state index contributed by atoms with van der Waals surface area (Å²) in [5.74, 6) is 0.749. The van der Waals surface area contributed by atoms with Crippen LogP contribution < -0.4 is 4.74 Å². The first kappa shape index (κ1) is 16.1. The van der Waals surface area contributed by atoms with Crippen LogP contribution in [0.4, 0.5) is 0 Å². The third-order valence-electron chi connectivity index (χ3n) is 3.27. The highest BCUT2D eigenvalue weighted by Crippen LogP contribution is 2.27. The van der Waals surface area contributed by atoms with Crippen LogP contribution in [0.25, 0.3) is 0 Å². The van der Waals surface area contributed by atoms with E-state index in [9.17, 15) is 0 Å². The topological polar surface area (TPSA) is 21.7 Å². The summed E-state index contributed by atoms with van der Waals surface area (Å²) in [7, 11) is 0. The van der Waals surface area contributed by atoms with Crippen molar-refractivity contribution in [2.24, 2.45) is 0 Å². The minimum Gasteiger partial charge on any atom is -0.492 e. The Balaban J connectivity index is 1.71. The van der Waals surface area contributed by atoms with Gasteiger partial charge in [-0.15, -0.1) is 0 Å². The van der Waals surface area contributed by atoms with E-state index < -0.39 is 0 Å². The molecule has 0 unspecified atom stereocenters. The van der Waals surface area contributed by atoms with E-state index in [2.05, 4.69) is 34.7 Å². The van der Waals surface area contributed by atoms with Crippen molar-refractivity contribution >= 4 is 27.5 Å². The minimum absolute atomic E-state index is 0.320. The van der Waals surface area contributed by atoms with Gasteiger partial charge < -0.3 is 9.47 Å². The highest BCUT2D eigenvalue weighted by atomic mass is 79.9. The van der Waals surface area contributed by atoms with Gasteiger partial charge in [0.15, 0.2) is 0 Å². The van der Waals surface area contributed by atoms with E-state index in [-0.39, 0.29) is 0 Å². The predicted molar refractivity (Wildman–Crippen MR) is 85.7 cm³/mol. The van der Waals surface area contributed by atoms with Crippen LogP contribution >= 0.6 is 27.5 Å². The van der Waals surface area contributed by atoms with Gasteiger partial charge in [-0.25, -0.2) is 0 Å². The molecule has 0 saturated carbocycles. The minimum atomic E-state index is 0.320. The maximum atomic E-state index is 6.11. The van der Waals surface area contributed by atoms with Gasteiger partial charge in [-0.05, 0) is 38.5 Å². The van der Waals surface area contributed by atoms with Crippen molar-refractivity contribution in [3.05, 3.63) is 27.7 Å². The molecule has 1 heterocycles. The quantitative estimate of drug-likeness (QED) is 0.740. The number of ether oxygens (including phenoxy) is 2. The molecule has 0 amide bonds. The summed E-state index contributed by atoms with van der Waals surface area (Å²) >= 11 is 9.50. The maximum absolute atomic E-state index is 6.11. The van der Waals surface area contributed by atoms with Crippen LogP contribution in [0.2, 0.25) is 5.02 Å². The van der Waals surface area contributed by atoms with E-state index >= 15 is 0 Å². The first-order valence-electron chi connectivity index (χ1n) is 7.00. The largest absolute Gasteiger partial charge is 0.492 e. The Morgan fingerprint density at radius 2 is 2.05 bits per heavy atom. The van der Waals surface area contributed by atoms with Crippen LogP contribution in [0.3, 0.4) is 0 Å². The Morgan fingerprint density at radius 1 is 1.35 bits per heavy atom. The average molecular weight is 363 g/mol. The monoisotopic (exact) mass is 361 g/mol. The summed E-state index contributed by atoms with van der Waals surface area (Å²) in [5.41, 5.74) is 0. The fourth-order valence-corrected chi connectivity index (χ4v) is 3.26. The zero-order chi connectivity index (χ0) is 14.5. The number of morpholine rings is 1. The Labute approximate surface area is 134 Å². The molecule has 0 spiro atoms. The van der Waals surface area contributed by atoms with Gasteiger partial charge in [-0.2, -0.15) is 0 Å². The fraction of sp³-hybridized carbons (Fsp3) is 0.600. The normalized spacial score (nSPS) is 23.8. The van der Waals surface area contributed by atoms with Gasteiger partial charge in [-0.3, -0.25) is 4.90 Å². The van der Waals surface area contributed by atoms with E-state index in [1.54, 1.807) is 0 Å². The molecule has 1 aliphatic rings. The molecule has 1 saturated heterocycles. The molecule has 0 N–H and O–H groups in total. The molecule has 0 aliphatic carbocycles. The molecule has 3 nitrogen and oxygen atoms in total. The summed E-state index contributed by atoms with van der Waals surface area (Å²) in [4.78, 5) is 2.44. The Hall–Kier alpha value is -0.290. The van der Waals surface area contributed by atoms with E-state index in [4.69, 9.17) is 21.1 Å². The Bertz CT molecular complexity index is 434. The molecule has 1 fully saturated rings. The third-order valence-corrected chi connectivity index (χ3v) is 4.05. The summed E-state index contributed by atoms with van der Waals surface area (Å²) < 4.78 is 12.4. The number of hydrogen-bond donors (Lipinski definition) is 0. The van der Waals surface area contributed by atoms with Gasteiger partial charge in [-0.1, -0.05) is 27.5 Å². The number of rotatable bonds is 5. The van der Waals surface area contributed by atoms with Crippen LogP contribution in [0.5, 0.6) is 5.75 Å². The molecule has 1 aromatic carbocycles. The molecule has 2 atom stereocenters. The molecule has 2 rings (SSSR count). The van der Waals surface area contributed by atoms with Crippen LogP contribution in [0.15, 0.2) is 22.7 Å². The lowest BCUT2D eigenvalue weighted by Gasteiger charge is -2.35. The van der Waals surface area contributed by atoms with Gasteiger partial charge in [0, 0.05) is 24.1 Å². The van der Waals surface area contributed by atoms with Gasteiger partial charge in [0.1, 0.15) is 5.75 Å². The molecule has 0 aromatic heterocycles. The Morgan fingerprint density at radius 3 is 2.70 bits per heavy atom. The van der Waals surface area contributed by atoms with Crippen molar-refractivity contribution in [1.82, 2.24) is 4.90 Å². The van der Waals surface area contributed by atoms with Crippen LogP contribution in [-0.2, 0) is 4.74 Å². The van der Waals surface area contributed by atoms with Gasteiger partial charge in [0.2, 0.25) is 0 Å². The molecule has 1 aromatic rings. The van der Waals surface area contributed by atoms with Crippen molar-refractivity contribution in [1.29, 1.82) is 0 Å². The third kappa shape index (κ3) is 4.92. The van der Waals surface area contributed by atoms with Crippen molar-refractivity contribution in [3.8, 4) is 5.75 Å². The van der Waals surface area contributed by atoms with Crippen molar-refractivity contribution in [2.45, 2.75) is 32.5 Å². The zero-order valence-corrected chi connectivity index (χ0v) is 14.3. The average Bonchev–Trinajstić information content (AvgIpc) is 2.35. The van der Waals surface area contributed by atoms with Crippen molar-refractivity contribution < 1.29 is 9.47 Å². The SMILES string of the molecule is C[C@@H]1CN(CCCOc2ccc(Br)cc2Cl)C[C@@H](C)O1. The standard InChI is InChI=1S/C15H21BrClNO2/c1-11-9-18(10-12(2)20-11)6-3-7-19-15-5-4-13(16)8-14(15)17/h4-5,8,11-12H,3,6-7,9-10H2,1-2H3/t11-,12-/m1/s1.